The van der Waals surface area contributed by atoms with Crippen molar-refractivity contribution in [2.24, 2.45) is 11.7 Å². The lowest BCUT2D eigenvalue weighted by Crippen LogP contribution is -2.60. The molecule has 0 fully saturated rings. The van der Waals surface area contributed by atoms with Gasteiger partial charge in [-0.15, -0.1) is 0 Å². The molecule has 0 saturated heterocycles. The summed E-state index contributed by atoms with van der Waals surface area (Å²) in [5.74, 6) is -5.58. The molecule has 3 amide bonds. The number of carbonyl (C=O) groups is 5. The Hall–Kier alpha value is -3.51. The molecule has 0 radical (unpaired) electrons. The first-order valence-electron chi connectivity index (χ1n) is 11.2. The topological polar surface area (TPSA) is 208 Å². The van der Waals surface area contributed by atoms with E-state index < -0.39 is 66.4 Å². The second kappa shape index (κ2) is 14.0. The van der Waals surface area contributed by atoms with Gasteiger partial charge >= 0.3 is 11.9 Å². The van der Waals surface area contributed by atoms with E-state index in [-0.39, 0.29) is 12.3 Å². The number of hydrogen-bond acceptors (Lipinski definition) is 7. The number of carbonyl (C=O) groups excluding carboxylic acids is 3. The smallest absolute Gasteiger partial charge is 0.326 e. The third-order valence-corrected chi connectivity index (χ3v) is 5.49. The Morgan fingerprint density at radius 2 is 1.46 bits per heavy atom. The fourth-order valence-electron chi connectivity index (χ4n) is 3.20. The zero-order valence-corrected chi connectivity index (χ0v) is 19.9. The van der Waals surface area contributed by atoms with Gasteiger partial charge in [0.2, 0.25) is 17.7 Å². The highest BCUT2D eigenvalue weighted by molar-refractivity contribution is 5.95. The first kappa shape index (κ1) is 29.5. The van der Waals surface area contributed by atoms with Crippen LogP contribution in [0.3, 0.4) is 0 Å². The molecule has 35 heavy (non-hydrogen) atoms. The number of carboxylic acid groups (broad SMARTS) is 2. The molecule has 0 heterocycles. The largest absolute Gasteiger partial charge is 0.481 e. The third-order valence-electron chi connectivity index (χ3n) is 5.49. The quantitative estimate of drug-likeness (QED) is 0.169. The van der Waals surface area contributed by atoms with Crippen LogP contribution in [0.25, 0.3) is 0 Å². The van der Waals surface area contributed by atoms with Crippen molar-refractivity contribution in [3.05, 3.63) is 35.9 Å². The lowest BCUT2D eigenvalue weighted by molar-refractivity contribution is -0.144. The summed E-state index contributed by atoms with van der Waals surface area (Å²) in [6.07, 6.45) is -1.61. The first-order chi connectivity index (χ1) is 16.4. The second-order valence-electron chi connectivity index (χ2n) is 8.39. The summed E-state index contributed by atoms with van der Waals surface area (Å²) in [6.45, 7) is 4.67. The van der Waals surface area contributed by atoms with E-state index in [0.717, 1.165) is 0 Å². The van der Waals surface area contributed by atoms with Crippen LogP contribution in [-0.4, -0.2) is 75.3 Å². The van der Waals surface area contributed by atoms with E-state index in [1.54, 1.807) is 44.2 Å². The minimum Gasteiger partial charge on any atom is -0.481 e. The number of nitrogens with one attached hydrogen (secondary N) is 3. The number of aliphatic hydroxyl groups is 1. The average molecular weight is 495 g/mol. The second-order valence-corrected chi connectivity index (χ2v) is 8.39. The maximum atomic E-state index is 13.0. The van der Waals surface area contributed by atoms with Gasteiger partial charge in [0.15, 0.2) is 0 Å². The highest BCUT2D eigenvalue weighted by Gasteiger charge is 2.33. The van der Waals surface area contributed by atoms with Crippen molar-refractivity contribution in [2.45, 2.75) is 70.3 Å². The van der Waals surface area contributed by atoms with Crippen LogP contribution in [0.2, 0.25) is 0 Å². The Morgan fingerprint density at radius 1 is 0.886 bits per heavy atom. The van der Waals surface area contributed by atoms with Crippen LogP contribution in [0.4, 0.5) is 0 Å². The molecule has 0 aliphatic carbocycles. The predicted molar refractivity (Wildman–Crippen MR) is 125 cm³/mol. The van der Waals surface area contributed by atoms with Crippen molar-refractivity contribution in [1.29, 1.82) is 0 Å². The van der Waals surface area contributed by atoms with Crippen LogP contribution < -0.4 is 21.7 Å². The molecular weight excluding hydrogens is 460 g/mol. The van der Waals surface area contributed by atoms with Gasteiger partial charge < -0.3 is 37.0 Å². The Morgan fingerprint density at radius 3 is 1.94 bits per heavy atom. The molecule has 12 nitrogen and oxygen atoms in total. The van der Waals surface area contributed by atoms with Crippen molar-refractivity contribution >= 4 is 29.7 Å². The summed E-state index contributed by atoms with van der Waals surface area (Å²) in [7, 11) is 0. The van der Waals surface area contributed by atoms with Crippen LogP contribution in [0.15, 0.2) is 30.3 Å². The molecule has 1 aromatic rings. The number of nitrogens with two attached hydrogens (primary N) is 1. The number of hydrogen-bond donors (Lipinski definition) is 7. The molecular formula is C23H34N4O8. The van der Waals surface area contributed by atoms with Crippen molar-refractivity contribution in [3.63, 3.8) is 0 Å². The molecule has 0 aromatic heterocycles. The number of rotatable bonds is 14. The van der Waals surface area contributed by atoms with Gasteiger partial charge in [0.1, 0.15) is 18.1 Å². The fraction of sp³-hybridized carbons (Fsp3) is 0.522. The SMILES string of the molecule is CC[C@H](C)[C@H](NC(=O)[C@H](Cc1ccccc1)NC(=O)[C@@H](NC(=O)[C@@H](N)CC(=O)O)[C@@H](C)O)C(=O)O. The maximum Gasteiger partial charge on any atom is 0.326 e. The summed E-state index contributed by atoms with van der Waals surface area (Å²) >= 11 is 0. The summed E-state index contributed by atoms with van der Waals surface area (Å²) in [6, 6.07) is 3.23. The van der Waals surface area contributed by atoms with Crippen LogP contribution in [-0.2, 0) is 30.4 Å². The fourth-order valence-corrected chi connectivity index (χ4v) is 3.20. The van der Waals surface area contributed by atoms with E-state index in [4.69, 9.17) is 10.8 Å². The predicted octanol–water partition coefficient (Wildman–Crippen LogP) is -1.00. The van der Waals surface area contributed by atoms with Crippen molar-refractivity contribution in [1.82, 2.24) is 16.0 Å². The zero-order chi connectivity index (χ0) is 26.7. The van der Waals surface area contributed by atoms with Crippen molar-refractivity contribution in [2.75, 3.05) is 0 Å². The van der Waals surface area contributed by atoms with Gasteiger partial charge in [0, 0.05) is 6.42 Å². The molecule has 6 atom stereocenters. The van der Waals surface area contributed by atoms with Gasteiger partial charge in [0.25, 0.3) is 0 Å². The summed E-state index contributed by atoms with van der Waals surface area (Å²) in [5, 5.41) is 35.5. The number of aliphatic hydroxyl groups excluding tert-OH is 1. The Kier molecular flexibility index (Phi) is 11.8. The monoisotopic (exact) mass is 494 g/mol. The molecule has 194 valence electrons. The van der Waals surface area contributed by atoms with E-state index in [1.807, 2.05) is 0 Å². The Labute approximate surface area is 203 Å². The minimum atomic E-state index is -1.54. The van der Waals surface area contributed by atoms with Gasteiger partial charge in [0.05, 0.1) is 18.6 Å². The third kappa shape index (κ3) is 9.71. The van der Waals surface area contributed by atoms with E-state index >= 15 is 0 Å². The average Bonchev–Trinajstić information content (AvgIpc) is 2.79. The van der Waals surface area contributed by atoms with E-state index in [1.165, 1.54) is 6.92 Å². The molecule has 1 aromatic carbocycles. The highest BCUT2D eigenvalue weighted by Crippen LogP contribution is 2.10. The van der Waals surface area contributed by atoms with Gasteiger partial charge in [-0.2, -0.15) is 0 Å². The Bertz CT molecular complexity index is 893. The van der Waals surface area contributed by atoms with Crippen LogP contribution in [0.5, 0.6) is 0 Å². The molecule has 0 unspecified atom stereocenters. The van der Waals surface area contributed by atoms with Gasteiger partial charge in [-0.05, 0) is 18.4 Å². The lowest BCUT2D eigenvalue weighted by atomic mass is 9.98. The number of aliphatic carboxylic acids is 2. The molecule has 1 rings (SSSR count). The molecule has 0 bridgehead atoms. The summed E-state index contributed by atoms with van der Waals surface area (Å²) < 4.78 is 0. The van der Waals surface area contributed by atoms with Crippen LogP contribution >= 0.6 is 0 Å². The molecule has 0 spiro atoms. The summed E-state index contributed by atoms with van der Waals surface area (Å²) in [5.41, 5.74) is 6.19. The van der Waals surface area contributed by atoms with Crippen LogP contribution in [0, 0.1) is 5.92 Å². The van der Waals surface area contributed by atoms with Crippen molar-refractivity contribution < 1.29 is 39.3 Å². The van der Waals surface area contributed by atoms with Gasteiger partial charge in [-0.25, -0.2) is 4.79 Å². The zero-order valence-electron chi connectivity index (χ0n) is 19.9. The first-order valence-corrected chi connectivity index (χ1v) is 11.2. The van der Waals surface area contributed by atoms with E-state index in [0.29, 0.717) is 12.0 Å². The highest BCUT2D eigenvalue weighted by atomic mass is 16.4. The molecule has 0 saturated carbocycles. The van der Waals surface area contributed by atoms with E-state index in [2.05, 4.69) is 16.0 Å². The Balaban J connectivity index is 3.11. The minimum absolute atomic E-state index is 0.00423. The number of carboxylic acids is 2. The number of benzene rings is 1. The molecule has 12 heteroatoms. The molecule has 8 N–H and O–H groups in total. The van der Waals surface area contributed by atoms with Crippen LogP contribution in [0.1, 0.15) is 39.2 Å². The van der Waals surface area contributed by atoms with Crippen molar-refractivity contribution in [3.8, 4) is 0 Å². The molecule has 0 aliphatic rings. The normalized spacial score (nSPS) is 16.0. The van der Waals surface area contributed by atoms with Gasteiger partial charge in [-0.3, -0.25) is 19.2 Å². The molecule has 0 aliphatic heterocycles. The summed E-state index contributed by atoms with van der Waals surface area (Å²) in [4.78, 5) is 60.6. The standard InChI is InChI=1S/C23H34N4O8/c1-4-12(2)18(23(34)35)26-21(32)16(10-14-8-6-5-7-9-14)25-22(33)19(13(3)28)27-20(31)15(24)11-17(29)30/h5-9,12-13,15-16,18-19,28H,4,10-11,24H2,1-3H3,(H,25,33)(H,26,32)(H,27,31)(H,29,30)(H,34,35)/t12-,13+,15-,16-,18-,19-/m0/s1. The number of amides is 3. The maximum absolute atomic E-state index is 13.0. The lowest BCUT2D eigenvalue weighted by Gasteiger charge is -2.27. The van der Waals surface area contributed by atoms with Gasteiger partial charge in [-0.1, -0.05) is 50.6 Å². The van der Waals surface area contributed by atoms with E-state index in [9.17, 15) is 34.2 Å².